The Morgan fingerprint density at radius 3 is 2.50 bits per heavy atom. The number of carbonyl (C=O) groups is 1. The summed E-state index contributed by atoms with van der Waals surface area (Å²) in [5.41, 5.74) is 2.33. The van der Waals surface area contributed by atoms with Crippen molar-refractivity contribution in [1.82, 2.24) is 10.2 Å². The van der Waals surface area contributed by atoms with Crippen molar-refractivity contribution in [2.24, 2.45) is 5.92 Å². The Balaban J connectivity index is 1.72. The number of hydrogen-bond acceptors (Lipinski definition) is 2. The van der Waals surface area contributed by atoms with Crippen LogP contribution in [0, 0.1) is 5.92 Å². The van der Waals surface area contributed by atoms with Gasteiger partial charge in [0, 0.05) is 31.2 Å². The summed E-state index contributed by atoms with van der Waals surface area (Å²) < 4.78 is 0. The third kappa shape index (κ3) is 2.09. The van der Waals surface area contributed by atoms with E-state index in [-0.39, 0.29) is 0 Å². The second kappa shape index (κ2) is 5.04. The molecule has 1 aliphatic carbocycles. The van der Waals surface area contributed by atoms with E-state index in [4.69, 9.17) is 0 Å². The highest BCUT2D eigenvalue weighted by Gasteiger charge is 2.36. The minimum Gasteiger partial charge on any atom is -0.336 e. The number of nitrogens with zero attached hydrogens (tertiary/aromatic N) is 1. The van der Waals surface area contributed by atoms with Crippen LogP contribution < -0.4 is 5.32 Å². The number of rotatable bonds is 2. The van der Waals surface area contributed by atoms with Crippen LogP contribution in [0.2, 0.25) is 0 Å². The molecule has 2 saturated heterocycles. The van der Waals surface area contributed by atoms with Crippen LogP contribution in [0.15, 0.2) is 11.1 Å². The van der Waals surface area contributed by atoms with Crippen LogP contribution in [0.25, 0.3) is 0 Å². The Hall–Kier alpha value is -0.830. The zero-order valence-electron chi connectivity index (χ0n) is 11.4. The maximum absolute atomic E-state index is 12.6. The van der Waals surface area contributed by atoms with Crippen molar-refractivity contribution in [3.05, 3.63) is 11.1 Å². The number of carbonyl (C=O) groups excluding carboxylic acids is 1. The molecule has 3 fully saturated rings. The molecule has 1 atom stereocenters. The van der Waals surface area contributed by atoms with Gasteiger partial charge in [0.15, 0.2) is 0 Å². The third-order valence-corrected chi connectivity index (χ3v) is 5.03. The van der Waals surface area contributed by atoms with Crippen LogP contribution in [-0.4, -0.2) is 36.5 Å². The summed E-state index contributed by atoms with van der Waals surface area (Å²) >= 11 is 0. The van der Waals surface area contributed by atoms with Gasteiger partial charge in [0.1, 0.15) is 0 Å². The van der Waals surface area contributed by atoms with Crippen LogP contribution in [0.3, 0.4) is 0 Å². The predicted octanol–water partition coefficient (Wildman–Crippen LogP) is 2.09. The molecule has 0 bridgehead atoms. The van der Waals surface area contributed by atoms with Gasteiger partial charge in [-0.3, -0.25) is 4.79 Å². The summed E-state index contributed by atoms with van der Waals surface area (Å²) in [5, 5.41) is 3.23. The van der Waals surface area contributed by atoms with Gasteiger partial charge in [-0.2, -0.15) is 0 Å². The van der Waals surface area contributed by atoms with Gasteiger partial charge in [-0.25, -0.2) is 0 Å². The molecule has 0 aromatic heterocycles. The average Bonchev–Trinajstić information content (AvgIpc) is 2.95. The molecule has 3 heteroatoms. The monoisotopic (exact) mass is 248 g/mol. The largest absolute Gasteiger partial charge is 0.336 e. The zero-order valence-corrected chi connectivity index (χ0v) is 11.4. The molecule has 1 N–H and O–H groups in total. The lowest BCUT2D eigenvalue weighted by Crippen LogP contribution is -2.42. The van der Waals surface area contributed by atoms with E-state index < -0.39 is 0 Å². The lowest BCUT2D eigenvalue weighted by molar-refractivity contribution is -0.128. The van der Waals surface area contributed by atoms with Crippen molar-refractivity contribution in [2.45, 2.75) is 51.5 Å². The molecule has 2 heterocycles. The molecular formula is C15H24N2O. The van der Waals surface area contributed by atoms with Crippen molar-refractivity contribution in [1.29, 1.82) is 0 Å². The van der Waals surface area contributed by atoms with Crippen molar-refractivity contribution in [3.63, 3.8) is 0 Å². The van der Waals surface area contributed by atoms with Crippen molar-refractivity contribution >= 4 is 5.91 Å². The van der Waals surface area contributed by atoms with Gasteiger partial charge >= 0.3 is 0 Å². The number of nitrogens with one attached hydrogen (secondary N) is 1. The third-order valence-electron chi connectivity index (χ3n) is 5.03. The molecule has 1 amide bonds. The van der Waals surface area contributed by atoms with Gasteiger partial charge in [0.05, 0.1) is 0 Å². The molecule has 0 spiro atoms. The molecule has 2 aliphatic heterocycles. The van der Waals surface area contributed by atoms with Crippen LogP contribution in [-0.2, 0) is 4.79 Å². The van der Waals surface area contributed by atoms with Gasteiger partial charge in [-0.05, 0) is 44.1 Å². The van der Waals surface area contributed by atoms with Gasteiger partial charge in [-0.15, -0.1) is 0 Å². The minimum atomic E-state index is 0.320. The van der Waals surface area contributed by atoms with E-state index in [1.54, 1.807) is 0 Å². The van der Waals surface area contributed by atoms with Crippen LogP contribution in [0.4, 0.5) is 0 Å². The molecule has 1 saturated carbocycles. The molecule has 0 aromatic carbocycles. The highest BCUT2D eigenvalue weighted by Crippen LogP contribution is 2.36. The van der Waals surface area contributed by atoms with E-state index in [1.165, 1.54) is 44.1 Å². The molecule has 1 unspecified atom stereocenters. The predicted molar refractivity (Wildman–Crippen MR) is 72.3 cm³/mol. The first kappa shape index (κ1) is 12.2. The molecule has 0 radical (unpaired) electrons. The standard InChI is InChI=1S/C15H24N2O/c1-11(13-9-16-10-13)15(18)17-8-4-7-14(17)12-5-2-3-6-12/h12,14,16H,2-10H2,1H3. The summed E-state index contributed by atoms with van der Waals surface area (Å²) in [6.45, 7) is 4.83. The maximum atomic E-state index is 12.6. The molecule has 18 heavy (non-hydrogen) atoms. The SMILES string of the molecule is CC(C(=O)N1CCCC1C1CCCC1)=C1CNC1. The summed E-state index contributed by atoms with van der Waals surface area (Å²) in [4.78, 5) is 14.8. The molecule has 100 valence electrons. The number of amides is 1. The fourth-order valence-corrected chi connectivity index (χ4v) is 3.76. The minimum absolute atomic E-state index is 0.320. The van der Waals surface area contributed by atoms with E-state index in [9.17, 15) is 4.79 Å². The van der Waals surface area contributed by atoms with Crippen molar-refractivity contribution < 1.29 is 4.79 Å². The topological polar surface area (TPSA) is 32.3 Å². The fourth-order valence-electron chi connectivity index (χ4n) is 3.76. The zero-order chi connectivity index (χ0) is 12.5. The molecule has 3 nitrogen and oxygen atoms in total. The Morgan fingerprint density at radius 2 is 1.89 bits per heavy atom. The van der Waals surface area contributed by atoms with Crippen LogP contribution in [0.1, 0.15) is 45.4 Å². The lowest BCUT2D eigenvalue weighted by Gasteiger charge is -2.31. The first-order valence-corrected chi connectivity index (χ1v) is 7.47. The Morgan fingerprint density at radius 1 is 1.17 bits per heavy atom. The van der Waals surface area contributed by atoms with Crippen molar-refractivity contribution in [3.8, 4) is 0 Å². The highest BCUT2D eigenvalue weighted by molar-refractivity contribution is 5.94. The second-order valence-corrected chi connectivity index (χ2v) is 6.08. The van der Waals surface area contributed by atoms with E-state index in [2.05, 4.69) is 10.2 Å². The van der Waals surface area contributed by atoms with E-state index in [0.29, 0.717) is 11.9 Å². The van der Waals surface area contributed by atoms with Gasteiger partial charge in [0.25, 0.3) is 0 Å². The van der Waals surface area contributed by atoms with E-state index in [1.807, 2.05) is 6.92 Å². The first-order valence-electron chi connectivity index (χ1n) is 7.47. The number of likely N-dealkylation sites (tertiary alicyclic amines) is 1. The summed E-state index contributed by atoms with van der Waals surface area (Å²) in [6, 6.07) is 0.545. The molecular weight excluding hydrogens is 224 g/mol. The quantitative estimate of drug-likeness (QED) is 0.759. The van der Waals surface area contributed by atoms with E-state index >= 15 is 0 Å². The van der Waals surface area contributed by atoms with Gasteiger partial charge in [-0.1, -0.05) is 12.8 Å². The summed E-state index contributed by atoms with van der Waals surface area (Å²) in [5.74, 6) is 1.11. The second-order valence-electron chi connectivity index (χ2n) is 6.08. The van der Waals surface area contributed by atoms with Crippen molar-refractivity contribution in [2.75, 3.05) is 19.6 Å². The average molecular weight is 248 g/mol. The van der Waals surface area contributed by atoms with Gasteiger partial charge < -0.3 is 10.2 Å². The maximum Gasteiger partial charge on any atom is 0.249 e. The smallest absolute Gasteiger partial charge is 0.249 e. The fraction of sp³-hybridized carbons (Fsp3) is 0.800. The molecule has 3 rings (SSSR count). The molecule has 0 aromatic rings. The lowest BCUT2D eigenvalue weighted by atomic mass is 9.95. The Labute approximate surface area is 110 Å². The summed E-state index contributed by atoms with van der Waals surface area (Å²) in [7, 11) is 0. The first-order chi connectivity index (χ1) is 8.77. The summed E-state index contributed by atoms with van der Waals surface area (Å²) in [6.07, 6.45) is 7.85. The number of hydrogen-bond donors (Lipinski definition) is 1. The van der Waals surface area contributed by atoms with E-state index in [0.717, 1.165) is 31.1 Å². The Bertz CT molecular complexity index is 363. The van der Waals surface area contributed by atoms with Gasteiger partial charge in [0.2, 0.25) is 5.91 Å². The van der Waals surface area contributed by atoms with Crippen LogP contribution >= 0.6 is 0 Å². The normalized spacial score (nSPS) is 28.6. The molecule has 3 aliphatic rings. The highest BCUT2D eigenvalue weighted by atomic mass is 16.2. The van der Waals surface area contributed by atoms with Crippen LogP contribution in [0.5, 0.6) is 0 Å². The Kier molecular flexibility index (Phi) is 3.42.